The molecule has 0 unspecified atom stereocenters. The van der Waals surface area contributed by atoms with Crippen molar-refractivity contribution in [2.45, 2.75) is 12.8 Å². The van der Waals surface area contributed by atoms with E-state index in [1.807, 2.05) is 0 Å². The fourth-order valence-electron chi connectivity index (χ4n) is 1.78. The lowest BCUT2D eigenvalue weighted by Crippen LogP contribution is -2.31. The molecule has 0 heterocycles. The summed E-state index contributed by atoms with van der Waals surface area (Å²) in [7, 11) is -1.67. The standard InChI is InChI=1S/C14H12BF3O3/c16-14(17,18)11-7-5-10(6-8-11)9-21-13-4-2-1-3-12(13)15(19)20/h1-8,19-20H,9H2. The van der Waals surface area contributed by atoms with Crippen LogP contribution >= 0.6 is 0 Å². The van der Waals surface area contributed by atoms with Crippen molar-refractivity contribution in [2.24, 2.45) is 0 Å². The number of halogens is 3. The number of para-hydroxylation sites is 1. The van der Waals surface area contributed by atoms with Gasteiger partial charge in [0.2, 0.25) is 0 Å². The molecule has 2 rings (SSSR count). The number of hydrogen-bond acceptors (Lipinski definition) is 3. The predicted octanol–water partition coefficient (Wildman–Crippen LogP) is 1.96. The average molecular weight is 296 g/mol. The van der Waals surface area contributed by atoms with E-state index in [1.54, 1.807) is 18.2 Å². The van der Waals surface area contributed by atoms with Gasteiger partial charge in [0.25, 0.3) is 0 Å². The minimum Gasteiger partial charge on any atom is -0.489 e. The fourth-order valence-corrected chi connectivity index (χ4v) is 1.78. The Morgan fingerprint density at radius 3 is 2.14 bits per heavy atom. The molecule has 0 saturated carbocycles. The van der Waals surface area contributed by atoms with Gasteiger partial charge in [-0.15, -0.1) is 0 Å². The summed E-state index contributed by atoms with van der Waals surface area (Å²) in [5, 5.41) is 18.4. The van der Waals surface area contributed by atoms with Gasteiger partial charge >= 0.3 is 13.3 Å². The van der Waals surface area contributed by atoms with Crippen molar-refractivity contribution in [1.29, 1.82) is 0 Å². The van der Waals surface area contributed by atoms with Crippen LogP contribution < -0.4 is 10.2 Å². The van der Waals surface area contributed by atoms with Crippen molar-refractivity contribution in [3.63, 3.8) is 0 Å². The van der Waals surface area contributed by atoms with Crippen LogP contribution in [0.5, 0.6) is 5.75 Å². The topological polar surface area (TPSA) is 49.7 Å². The number of hydrogen-bond donors (Lipinski definition) is 2. The maximum Gasteiger partial charge on any atom is 0.492 e. The summed E-state index contributed by atoms with van der Waals surface area (Å²) in [5.74, 6) is 0.271. The Morgan fingerprint density at radius 2 is 1.57 bits per heavy atom. The average Bonchev–Trinajstić information content (AvgIpc) is 2.45. The Morgan fingerprint density at radius 1 is 0.952 bits per heavy atom. The molecule has 0 fully saturated rings. The predicted molar refractivity (Wildman–Crippen MR) is 72.0 cm³/mol. The van der Waals surface area contributed by atoms with Gasteiger partial charge in [-0.25, -0.2) is 0 Å². The number of alkyl halides is 3. The molecule has 0 saturated heterocycles. The van der Waals surface area contributed by atoms with Gasteiger partial charge in [-0.2, -0.15) is 13.2 Å². The van der Waals surface area contributed by atoms with Crippen LogP contribution in [0.4, 0.5) is 13.2 Å². The zero-order valence-electron chi connectivity index (χ0n) is 10.8. The number of ether oxygens (including phenoxy) is 1. The van der Waals surface area contributed by atoms with Crippen LogP contribution in [0, 0.1) is 0 Å². The lowest BCUT2D eigenvalue weighted by molar-refractivity contribution is -0.137. The molecule has 0 atom stereocenters. The molecular formula is C14H12BF3O3. The van der Waals surface area contributed by atoms with Crippen LogP contribution in [0.1, 0.15) is 11.1 Å². The normalized spacial score (nSPS) is 11.3. The molecular weight excluding hydrogens is 284 g/mol. The molecule has 21 heavy (non-hydrogen) atoms. The summed E-state index contributed by atoms with van der Waals surface area (Å²) in [6.07, 6.45) is -4.37. The second kappa shape index (κ2) is 6.20. The van der Waals surface area contributed by atoms with Gasteiger partial charge in [0.15, 0.2) is 0 Å². The minimum atomic E-state index is -4.37. The minimum absolute atomic E-state index is 0.0296. The highest BCUT2D eigenvalue weighted by molar-refractivity contribution is 6.59. The molecule has 2 aromatic carbocycles. The van der Waals surface area contributed by atoms with Crippen molar-refractivity contribution in [2.75, 3.05) is 0 Å². The second-order valence-corrected chi connectivity index (χ2v) is 4.39. The van der Waals surface area contributed by atoms with E-state index in [2.05, 4.69) is 0 Å². The number of benzene rings is 2. The maximum atomic E-state index is 12.4. The molecule has 0 aliphatic carbocycles. The first-order valence-electron chi connectivity index (χ1n) is 6.12. The van der Waals surface area contributed by atoms with Crippen LogP contribution in [-0.4, -0.2) is 17.2 Å². The Hall–Kier alpha value is -1.99. The van der Waals surface area contributed by atoms with Crippen molar-refractivity contribution >= 4 is 12.6 Å². The largest absolute Gasteiger partial charge is 0.492 e. The Balaban J connectivity index is 2.07. The Bertz CT molecular complexity index is 597. The molecule has 2 aromatic rings. The van der Waals surface area contributed by atoms with E-state index in [-0.39, 0.29) is 17.8 Å². The summed E-state index contributed by atoms with van der Waals surface area (Å²) < 4.78 is 42.7. The van der Waals surface area contributed by atoms with Gasteiger partial charge in [0.1, 0.15) is 12.4 Å². The zero-order chi connectivity index (χ0) is 15.5. The highest BCUT2D eigenvalue weighted by Crippen LogP contribution is 2.29. The molecule has 7 heteroatoms. The van der Waals surface area contributed by atoms with E-state index >= 15 is 0 Å². The van der Waals surface area contributed by atoms with E-state index in [1.165, 1.54) is 18.2 Å². The van der Waals surface area contributed by atoms with Crippen molar-refractivity contribution in [3.05, 3.63) is 59.7 Å². The van der Waals surface area contributed by atoms with Gasteiger partial charge in [-0.3, -0.25) is 0 Å². The lowest BCUT2D eigenvalue weighted by atomic mass is 9.79. The van der Waals surface area contributed by atoms with Gasteiger partial charge in [0.05, 0.1) is 5.56 Å². The van der Waals surface area contributed by atoms with Gasteiger partial charge in [-0.05, 0) is 23.8 Å². The molecule has 3 nitrogen and oxygen atoms in total. The van der Waals surface area contributed by atoms with E-state index in [9.17, 15) is 23.2 Å². The molecule has 0 aliphatic rings. The van der Waals surface area contributed by atoms with Crippen molar-refractivity contribution < 1.29 is 28.0 Å². The lowest BCUT2D eigenvalue weighted by Gasteiger charge is -2.12. The summed E-state index contributed by atoms with van der Waals surface area (Å²) in [5.41, 5.74) is 0.0204. The van der Waals surface area contributed by atoms with Crippen LogP contribution in [0.15, 0.2) is 48.5 Å². The first kappa shape index (κ1) is 15.4. The maximum absolute atomic E-state index is 12.4. The molecule has 0 amide bonds. The van der Waals surface area contributed by atoms with E-state index < -0.39 is 18.9 Å². The van der Waals surface area contributed by atoms with Crippen LogP contribution in [-0.2, 0) is 12.8 Å². The summed E-state index contributed by atoms with van der Waals surface area (Å²) in [4.78, 5) is 0. The summed E-state index contributed by atoms with van der Waals surface area (Å²) in [6.45, 7) is 0.0296. The van der Waals surface area contributed by atoms with Crippen LogP contribution in [0.2, 0.25) is 0 Å². The highest BCUT2D eigenvalue weighted by Gasteiger charge is 2.29. The van der Waals surface area contributed by atoms with Gasteiger partial charge in [0, 0.05) is 5.46 Å². The van der Waals surface area contributed by atoms with E-state index in [4.69, 9.17) is 4.74 Å². The molecule has 110 valence electrons. The molecule has 0 spiro atoms. The zero-order valence-corrected chi connectivity index (χ0v) is 10.8. The van der Waals surface area contributed by atoms with E-state index in [0.29, 0.717) is 5.56 Å². The van der Waals surface area contributed by atoms with Crippen molar-refractivity contribution in [1.82, 2.24) is 0 Å². The first-order valence-corrected chi connectivity index (χ1v) is 6.12. The Kier molecular flexibility index (Phi) is 4.54. The molecule has 0 aromatic heterocycles. The fraction of sp³-hybridized carbons (Fsp3) is 0.143. The third-order valence-electron chi connectivity index (χ3n) is 2.87. The van der Waals surface area contributed by atoms with Crippen LogP contribution in [0.3, 0.4) is 0 Å². The van der Waals surface area contributed by atoms with Crippen molar-refractivity contribution in [3.8, 4) is 5.75 Å². The molecule has 0 bridgehead atoms. The summed E-state index contributed by atoms with van der Waals surface area (Å²) >= 11 is 0. The quantitative estimate of drug-likeness (QED) is 0.848. The van der Waals surface area contributed by atoms with Crippen LogP contribution in [0.25, 0.3) is 0 Å². The monoisotopic (exact) mass is 296 g/mol. The third kappa shape index (κ3) is 3.99. The Labute approximate surface area is 119 Å². The molecule has 0 aliphatic heterocycles. The highest BCUT2D eigenvalue weighted by atomic mass is 19.4. The second-order valence-electron chi connectivity index (χ2n) is 4.39. The third-order valence-corrected chi connectivity index (χ3v) is 2.87. The molecule has 2 N–H and O–H groups in total. The first-order chi connectivity index (χ1) is 9.88. The summed E-state index contributed by atoms with van der Waals surface area (Å²) in [6, 6.07) is 10.9. The number of rotatable bonds is 4. The SMILES string of the molecule is OB(O)c1ccccc1OCc1ccc(C(F)(F)F)cc1. The van der Waals surface area contributed by atoms with Gasteiger partial charge < -0.3 is 14.8 Å². The molecule has 0 radical (unpaired) electrons. The van der Waals surface area contributed by atoms with E-state index in [0.717, 1.165) is 12.1 Å². The van der Waals surface area contributed by atoms with Gasteiger partial charge in [-0.1, -0.05) is 30.3 Å². The smallest absolute Gasteiger partial charge is 0.489 e.